The molecule has 74 valence electrons. The van der Waals surface area contributed by atoms with Crippen LogP contribution in [0.2, 0.25) is 0 Å². The molecule has 0 saturated heterocycles. The smallest absolute Gasteiger partial charge is 0.110 e. The summed E-state index contributed by atoms with van der Waals surface area (Å²) < 4.78 is 0. The molecule has 2 N–H and O–H groups in total. The topological polar surface area (TPSA) is 38.9 Å². The highest BCUT2D eigenvalue weighted by Crippen LogP contribution is 2.21. The summed E-state index contributed by atoms with van der Waals surface area (Å²) in [6.07, 6.45) is 6.72. The molecule has 1 aromatic heterocycles. The van der Waals surface area contributed by atoms with Gasteiger partial charge in [0.2, 0.25) is 0 Å². The van der Waals surface area contributed by atoms with E-state index in [-0.39, 0.29) is 6.04 Å². The largest absolute Gasteiger partial charge is 0.322 e. The standard InChI is InChI=1S/C10H18N2S/c1-3-4-5-6-9(11)10-12-7-8(2)13-10/h7,9H,3-6,11H2,1-2H3. The SMILES string of the molecule is CCCCCC(N)c1ncc(C)s1. The molecule has 1 unspecified atom stereocenters. The van der Waals surface area contributed by atoms with E-state index in [2.05, 4.69) is 18.8 Å². The summed E-state index contributed by atoms with van der Waals surface area (Å²) in [7, 11) is 0. The summed E-state index contributed by atoms with van der Waals surface area (Å²) in [6, 6.07) is 0.158. The molecule has 2 nitrogen and oxygen atoms in total. The maximum absolute atomic E-state index is 6.00. The van der Waals surface area contributed by atoms with Crippen LogP contribution < -0.4 is 5.73 Å². The number of hydrogen-bond acceptors (Lipinski definition) is 3. The predicted octanol–water partition coefficient (Wildman–Crippen LogP) is 3.03. The van der Waals surface area contributed by atoms with Gasteiger partial charge in [0, 0.05) is 11.1 Å². The fourth-order valence-corrected chi connectivity index (χ4v) is 2.09. The highest BCUT2D eigenvalue weighted by atomic mass is 32.1. The van der Waals surface area contributed by atoms with Crippen LogP contribution in [-0.4, -0.2) is 4.98 Å². The average molecular weight is 198 g/mol. The van der Waals surface area contributed by atoms with Gasteiger partial charge in [-0.3, -0.25) is 0 Å². The minimum absolute atomic E-state index is 0.158. The molecule has 3 heteroatoms. The van der Waals surface area contributed by atoms with Gasteiger partial charge in [-0.1, -0.05) is 26.2 Å². The van der Waals surface area contributed by atoms with Crippen molar-refractivity contribution >= 4 is 11.3 Å². The maximum atomic E-state index is 6.00. The number of nitrogens with zero attached hydrogens (tertiary/aromatic N) is 1. The predicted molar refractivity (Wildman–Crippen MR) is 57.9 cm³/mol. The van der Waals surface area contributed by atoms with Crippen molar-refractivity contribution in [2.24, 2.45) is 5.73 Å². The summed E-state index contributed by atoms with van der Waals surface area (Å²) in [4.78, 5) is 5.54. The van der Waals surface area contributed by atoms with Crippen LogP contribution in [0.3, 0.4) is 0 Å². The van der Waals surface area contributed by atoms with E-state index in [0.29, 0.717) is 0 Å². The van der Waals surface area contributed by atoms with Gasteiger partial charge >= 0.3 is 0 Å². The minimum Gasteiger partial charge on any atom is -0.322 e. The van der Waals surface area contributed by atoms with E-state index in [1.165, 1.54) is 24.1 Å². The van der Waals surface area contributed by atoms with Gasteiger partial charge in [0.05, 0.1) is 6.04 Å². The Morgan fingerprint density at radius 1 is 1.54 bits per heavy atom. The van der Waals surface area contributed by atoms with Gasteiger partial charge in [-0.2, -0.15) is 0 Å². The first kappa shape index (κ1) is 10.7. The molecule has 1 rings (SSSR count). The Morgan fingerprint density at radius 3 is 2.85 bits per heavy atom. The molecule has 0 amide bonds. The van der Waals surface area contributed by atoms with Gasteiger partial charge in [0.15, 0.2) is 0 Å². The lowest BCUT2D eigenvalue weighted by Gasteiger charge is -2.06. The number of thiazole rings is 1. The Bertz CT molecular complexity index is 245. The number of rotatable bonds is 5. The van der Waals surface area contributed by atoms with Crippen molar-refractivity contribution in [2.75, 3.05) is 0 Å². The summed E-state index contributed by atoms with van der Waals surface area (Å²) in [5.74, 6) is 0. The van der Waals surface area contributed by atoms with Gasteiger partial charge in [-0.05, 0) is 13.3 Å². The Balaban J connectivity index is 2.35. The third-order valence-electron chi connectivity index (χ3n) is 2.08. The molecule has 0 aliphatic carbocycles. The second-order valence-electron chi connectivity index (χ2n) is 3.41. The number of hydrogen-bond donors (Lipinski definition) is 1. The first-order valence-electron chi connectivity index (χ1n) is 4.92. The highest BCUT2D eigenvalue weighted by molar-refractivity contribution is 7.11. The zero-order valence-corrected chi connectivity index (χ0v) is 9.23. The van der Waals surface area contributed by atoms with E-state index in [4.69, 9.17) is 5.73 Å². The molecule has 1 atom stereocenters. The Hall–Kier alpha value is -0.410. The summed E-state index contributed by atoms with van der Waals surface area (Å²) in [5, 5.41) is 1.09. The molecular formula is C10H18N2S. The molecule has 0 spiro atoms. The second-order valence-corrected chi connectivity index (χ2v) is 4.68. The van der Waals surface area contributed by atoms with Gasteiger partial charge in [-0.15, -0.1) is 11.3 Å². The van der Waals surface area contributed by atoms with E-state index in [1.807, 2.05) is 6.20 Å². The Kier molecular flexibility index (Phi) is 4.39. The molecule has 1 aromatic rings. The highest BCUT2D eigenvalue weighted by Gasteiger charge is 2.08. The van der Waals surface area contributed by atoms with Crippen LogP contribution in [0, 0.1) is 6.92 Å². The van der Waals surface area contributed by atoms with Gasteiger partial charge in [-0.25, -0.2) is 4.98 Å². The Labute approximate surface area is 84.2 Å². The lowest BCUT2D eigenvalue weighted by atomic mass is 10.1. The molecular weight excluding hydrogens is 180 g/mol. The van der Waals surface area contributed by atoms with Crippen LogP contribution in [0.25, 0.3) is 0 Å². The quantitative estimate of drug-likeness (QED) is 0.739. The van der Waals surface area contributed by atoms with Gasteiger partial charge < -0.3 is 5.73 Å². The number of nitrogens with two attached hydrogens (primary N) is 1. The monoisotopic (exact) mass is 198 g/mol. The molecule has 0 bridgehead atoms. The zero-order valence-electron chi connectivity index (χ0n) is 8.42. The second kappa shape index (κ2) is 5.35. The van der Waals surface area contributed by atoms with Gasteiger partial charge in [0.1, 0.15) is 5.01 Å². The molecule has 0 radical (unpaired) electrons. The molecule has 13 heavy (non-hydrogen) atoms. The maximum Gasteiger partial charge on any atom is 0.110 e. The van der Waals surface area contributed by atoms with Gasteiger partial charge in [0.25, 0.3) is 0 Å². The average Bonchev–Trinajstić information content (AvgIpc) is 2.52. The van der Waals surface area contributed by atoms with Crippen LogP contribution in [0.5, 0.6) is 0 Å². The lowest BCUT2D eigenvalue weighted by molar-refractivity contribution is 0.579. The Morgan fingerprint density at radius 2 is 2.31 bits per heavy atom. The van der Waals surface area contributed by atoms with Crippen molar-refractivity contribution < 1.29 is 0 Å². The van der Waals surface area contributed by atoms with Crippen LogP contribution in [0.4, 0.5) is 0 Å². The minimum atomic E-state index is 0.158. The fourth-order valence-electron chi connectivity index (χ4n) is 1.28. The third-order valence-corrected chi connectivity index (χ3v) is 3.12. The first-order chi connectivity index (χ1) is 6.24. The summed E-state index contributed by atoms with van der Waals surface area (Å²) >= 11 is 1.72. The first-order valence-corrected chi connectivity index (χ1v) is 5.73. The fraction of sp³-hybridized carbons (Fsp3) is 0.700. The third kappa shape index (κ3) is 3.44. The summed E-state index contributed by atoms with van der Waals surface area (Å²) in [6.45, 7) is 4.28. The molecule has 0 aliphatic heterocycles. The van der Waals surface area contributed by atoms with Crippen LogP contribution >= 0.6 is 11.3 Å². The van der Waals surface area contributed by atoms with Crippen molar-refractivity contribution in [2.45, 2.75) is 45.6 Å². The van der Waals surface area contributed by atoms with E-state index in [9.17, 15) is 0 Å². The normalized spacial score (nSPS) is 13.2. The molecule has 1 heterocycles. The molecule has 0 saturated carbocycles. The van der Waals surface area contributed by atoms with Crippen LogP contribution in [0.15, 0.2) is 6.20 Å². The molecule has 0 aromatic carbocycles. The van der Waals surface area contributed by atoms with E-state index in [0.717, 1.165) is 11.4 Å². The van der Waals surface area contributed by atoms with E-state index < -0.39 is 0 Å². The van der Waals surface area contributed by atoms with E-state index >= 15 is 0 Å². The van der Waals surface area contributed by atoms with Crippen LogP contribution in [0.1, 0.15) is 48.5 Å². The molecule has 0 aliphatic rings. The molecule has 0 fully saturated rings. The zero-order chi connectivity index (χ0) is 9.68. The number of aryl methyl sites for hydroxylation is 1. The van der Waals surface area contributed by atoms with Crippen molar-refractivity contribution in [3.8, 4) is 0 Å². The summed E-state index contributed by atoms with van der Waals surface area (Å²) in [5.41, 5.74) is 6.00. The van der Waals surface area contributed by atoms with Crippen LogP contribution in [-0.2, 0) is 0 Å². The lowest BCUT2D eigenvalue weighted by Crippen LogP contribution is -2.09. The van der Waals surface area contributed by atoms with E-state index in [1.54, 1.807) is 11.3 Å². The van der Waals surface area contributed by atoms with Crippen molar-refractivity contribution in [3.05, 3.63) is 16.1 Å². The number of unbranched alkanes of at least 4 members (excludes halogenated alkanes) is 2. The van der Waals surface area contributed by atoms with Crippen molar-refractivity contribution in [1.82, 2.24) is 4.98 Å². The number of aromatic nitrogens is 1. The van der Waals surface area contributed by atoms with Crippen molar-refractivity contribution in [3.63, 3.8) is 0 Å². The van der Waals surface area contributed by atoms with Crippen molar-refractivity contribution in [1.29, 1.82) is 0 Å².